The lowest BCUT2D eigenvalue weighted by molar-refractivity contribution is -0.143. The van der Waals surface area contributed by atoms with Crippen LogP contribution in [0.1, 0.15) is 51.3 Å². The smallest absolute Gasteiger partial charge is 0.230 e. The third-order valence-corrected chi connectivity index (χ3v) is 7.47. The molecule has 1 spiro atoms. The Kier molecular flexibility index (Phi) is 4.92. The van der Waals surface area contributed by atoms with Gasteiger partial charge in [-0.3, -0.25) is 9.59 Å². The summed E-state index contributed by atoms with van der Waals surface area (Å²) in [5.74, 6) is -0.0493. The van der Waals surface area contributed by atoms with Crippen molar-refractivity contribution in [2.75, 3.05) is 13.6 Å². The minimum absolute atomic E-state index is 0.0436. The van der Waals surface area contributed by atoms with Crippen molar-refractivity contribution in [1.82, 2.24) is 24.6 Å². The number of hydrogen-bond donors (Lipinski definition) is 0. The molecule has 4 heterocycles. The van der Waals surface area contributed by atoms with Crippen LogP contribution >= 0.6 is 0 Å². The van der Waals surface area contributed by atoms with E-state index in [1.165, 1.54) is 25.7 Å². The van der Waals surface area contributed by atoms with Crippen molar-refractivity contribution in [2.45, 2.75) is 76.3 Å². The molecule has 3 aliphatic heterocycles. The molecule has 0 aromatic carbocycles. The summed E-state index contributed by atoms with van der Waals surface area (Å²) in [4.78, 5) is 30.7. The number of carbonyl (C=O) groups excluding carboxylic acids is 2. The van der Waals surface area contributed by atoms with Gasteiger partial charge in [0.1, 0.15) is 11.9 Å². The monoisotopic (exact) mass is 413 g/mol. The molecule has 162 valence electrons. The summed E-state index contributed by atoms with van der Waals surface area (Å²) in [6.07, 6.45) is 12.4. The molecule has 30 heavy (non-hydrogen) atoms. The first kappa shape index (κ1) is 19.7. The van der Waals surface area contributed by atoms with Gasteiger partial charge in [-0.1, -0.05) is 37.8 Å². The Morgan fingerprint density at radius 2 is 2.07 bits per heavy atom. The molecule has 8 nitrogen and oxygen atoms in total. The van der Waals surface area contributed by atoms with Crippen LogP contribution in [0.3, 0.4) is 0 Å². The highest BCUT2D eigenvalue weighted by Crippen LogP contribution is 2.53. The van der Waals surface area contributed by atoms with Crippen LogP contribution in [0.4, 0.5) is 0 Å². The van der Waals surface area contributed by atoms with Crippen LogP contribution in [0, 0.1) is 11.8 Å². The quantitative estimate of drug-likeness (QED) is 0.543. The lowest BCUT2D eigenvalue weighted by Gasteiger charge is -2.30. The van der Waals surface area contributed by atoms with Gasteiger partial charge in [-0.2, -0.15) is 0 Å². The molecule has 5 rings (SSSR count). The van der Waals surface area contributed by atoms with Crippen LogP contribution in [-0.2, 0) is 27.4 Å². The van der Waals surface area contributed by atoms with Crippen LogP contribution in [-0.4, -0.2) is 67.7 Å². The summed E-state index contributed by atoms with van der Waals surface area (Å²) in [7, 11) is 1.78. The maximum atomic E-state index is 13.6. The second-order valence-corrected chi connectivity index (χ2v) is 9.24. The van der Waals surface area contributed by atoms with E-state index in [0.29, 0.717) is 13.1 Å². The SMILES string of the molecule is CCn1cnnc1CN(C)C(=O)[C@@H]1[C@@H]2C=C[C@@]3(CN(C4CCCCCC4)C(=O)[C@H]13)O2. The van der Waals surface area contributed by atoms with Gasteiger partial charge >= 0.3 is 0 Å². The van der Waals surface area contributed by atoms with Gasteiger partial charge < -0.3 is 19.1 Å². The van der Waals surface area contributed by atoms with Gasteiger partial charge in [0.15, 0.2) is 5.82 Å². The zero-order valence-corrected chi connectivity index (χ0v) is 17.9. The molecule has 1 aromatic heterocycles. The Hall–Kier alpha value is -2.22. The van der Waals surface area contributed by atoms with E-state index < -0.39 is 17.4 Å². The van der Waals surface area contributed by atoms with Crippen molar-refractivity contribution in [3.63, 3.8) is 0 Å². The number of likely N-dealkylation sites (tertiary alicyclic amines) is 1. The Labute approximate surface area is 177 Å². The van der Waals surface area contributed by atoms with Crippen molar-refractivity contribution in [3.8, 4) is 0 Å². The van der Waals surface area contributed by atoms with E-state index in [0.717, 1.165) is 25.2 Å². The molecule has 1 saturated carbocycles. The number of rotatable bonds is 5. The second kappa shape index (κ2) is 7.48. The van der Waals surface area contributed by atoms with E-state index in [9.17, 15) is 9.59 Å². The highest BCUT2D eigenvalue weighted by molar-refractivity contribution is 5.93. The topological polar surface area (TPSA) is 80.6 Å². The highest BCUT2D eigenvalue weighted by atomic mass is 16.5. The van der Waals surface area contributed by atoms with E-state index in [2.05, 4.69) is 16.3 Å². The Morgan fingerprint density at radius 3 is 2.80 bits per heavy atom. The molecule has 1 aliphatic carbocycles. The summed E-state index contributed by atoms with van der Waals surface area (Å²) >= 11 is 0. The van der Waals surface area contributed by atoms with Crippen LogP contribution in [0.15, 0.2) is 18.5 Å². The largest absolute Gasteiger partial charge is 0.360 e. The van der Waals surface area contributed by atoms with Crippen molar-refractivity contribution in [3.05, 3.63) is 24.3 Å². The van der Waals surface area contributed by atoms with Crippen molar-refractivity contribution < 1.29 is 14.3 Å². The number of hydrogen-bond acceptors (Lipinski definition) is 5. The van der Waals surface area contributed by atoms with Crippen LogP contribution in [0.5, 0.6) is 0 Å². The van der Waals surface area contributed by atoms with Gasteiger partial charge in [0.05, 0.1) is 31.0 Å². The predicted molar refractivity (Wildman–Crippen MR) is 109 cm³/mol. The van der Waals surface area contributed by atoms with Gasteiger partial charge in [-0.05, 0) is 19.8 Å². The maximum Gasteiger partial charge on any atom is 0.230 e. The lowest BCUT2D eigenvalue weighted by Crippen LogP contribution is -2.45. The number of carbonyl (C=O) groups is 2. The third kappa shape index (κ3) is 2.99. The average molecular weight is 414 g/mol. The van der Waals surface area contributed by atoms with E-state index in [-0.39, 0.29) is 24.0 Å². The highest BCUT2D eigenvalue weighted by Gasteiger charge is 2.67. The molecule has 8 heteroatoms. The van der Waals surface area contributed by atoms with Gasteiger partial charge in [-0.25, -0.2) is 0 Å². The van der Waals surface area contributed by atoms with Gasteiger partial charge in [-0.15, -0.1) is 10.2 Å². The first-order valence-corrected chi connectivity index (χ1v) is 11.3. The minimum Gasteiger partial charge on any atom is -0.360 e. The summed E-state index contributed by atoms with van der Waals surface area (Å²) in [6, 6.07) is 0.285. The van der Waals surface area contributed by atoms with E-state index in [1.54, 1.807) is 18.3 Å². The molecule has 4 atom stereocenters. The normalized spacial score (nSPS) is 33.2. The first-order chi connectivity index (χ1) is 14.5. The second-order valence-electron chi connectivity index (χ2n) is 9.24. The summed E-state index contributed by atoms with van der Waals surface area (Å²) in [5, 5.41) is 8.10. The average Bonchev–Trinajstić information content (AvgIpc) is 3.45. The molecule has 2 amide bonds. The van der Waals surface area contributed by atoms with E-state index in [1.807, 2.05) is 22.5 Å². The maximum absolute atomic E-state index is 13.6. The zero-order valence-electron chi connectivity index (χ0n) is 17.9. The van der Waals surface area contributed by atoms with Crippen molar-refractivity contribution in [2.24, 2.45) is 11.8 Å². The zero-order chi connectivity index (χ0) is 20.9. The van der Waals surface area contributed by atoms with Gasteiger partial charge in [0, 0.05) is 19.6 Å². The molecule has 4 aliphatic rings. The lowest BCUT2D eigenvalue weighted by atomic mass is 9.76. The molecule has 0 N–H and O–H groups in total. The van der Waals surface area contributed by atoms with E-state index >= 15 is 0 Å². The van der Waals surface area contributed by atoms with Crippen molar-refractivity contribution >= 4 is 11.8 Å². The Bertz CT molecular complexity index is 859. The fourth-order valence-corrected chi connectivity index (χ4v) is 5.90. The molecule has 2 bridgehead atoms. The van der Waals surface area contributed by atoms with Crippen molar-refractivity contribution in [1.29, 1.82) is 0 Å². The van der Waals surface area contributed by atoms with Crippen LogP contribution in [0.2, 0.25) is 0 Å². The summed E-state index contributed by atoms with van der Waals surface area (Å²) < 4.78 is 8.24. The number of aryl methyl sites for hydroxylation is 1. The standard InChI is InChI=1S/C22H31N5O3/c1-3-26-14-23-24-17(26)12-25(2)20(28)18-16-10-11-22(30-16)13-27(21(29)19(18)22)15-8-6-4-5-7-9-15/h10-11,14-16,18-19H,3-9,12-13H2,1-2H3/t16-,18+,19-,22-/m0/s1. The van der Waals surface area contributed by atoms with E-state index in [4.69, 9.17) is 4.74 Å². The predicted octanol–water partition coefficient (Wildman–Crippen LogP) is 1.76. The van der Waals surface area contributed by atoms with Gasteiger partial charge in [0.2, 0.25) is 11.8 Å². The molecule has 3 fully saturated rings. The van der Waals surface area contributed by atoms with Gasteiger partial charge in [0.25, 0.3) is 0 Å². The number of fused-ring (bicyclic) bond motifs is 1. The molecular weight excluding hydrogens is 382 g/mol. The summed E-state index contributed by atoms with van der Waals surface area (Å²) in [5.41, 5.74) is -0.626. The number of nitrogens with zero attached hydrogens (tertiary/aromatic N) is 5. The summed E-state index contributed by atoms with van der Waals surface area (Å²) in [6.45, 7) is 3.74. The fourth-order valence-electron chi connectivity index (χ4n) is 5.90. The third-order valence-electron chi connectivity index (χ3n) is 7.47. The minimum atomic E-state index is -0.626. The molecule has 2 saturated heterocycles. The number of amides is 2. The molecule has 0 unspecified atom stereocenters. The molecular formula is C22H31N5O3. The van der Waals surface area contributed by atoms with Crippen LogP contribution < -0.4 is 0 Å². The van der Waals surface area contributed by atoms with Crippen LogP contribution in [0.25, 0.3) is 0 Å². The first-order valence-electron chi connectivity index (χ1n) is 11.3. The number of aromatic nitrogens is 3. The number of ether oxygens (including phenoxy) is 1. The Morgan fingerprint density at radius 1 is 1.30 bits per heavy atom. The Balaban J connectivity index is 1.36. The molecule has 0 radical (unpaired) electrons. The molecule has 1 aromatic rings. The fraction of sp³-hybridized carbons (Fsp3) is 0.727.